The van der Waals surface area contributed by atoms with Crippen LogP contribution in [0.5, 0.6) is 5.75 Å². The molecule has 0 aliphatic rings. The van der Waals surface area contributed by atoms with E-state index < -0.39 is 11.8 Å². The van der Waals surface area contributed by atoms with Gasteiger partial charge in [0.05, 0.1) is 10.7 Å². The molecule has 0 atom stereocenters. The molecule has 0 saturated heterocycles. The Kier molecular flexibility index (Phi) is 6.33. The zero-order valence-electron chi connectivity index (χ0n) is 13.4. The second-order valence-corrected chi connectivity index (χ2v) is 7.07. The number of nitrogens with zero attached hydrogens (tertiary/aromatic N) is 1. The molecule has 0 aliphatic heterocycles. The van der Waals surface area contributed by atoms with E-state index in [1.807, 2.05) is 26.0 Å². The van der Waals surface area contributed by atoms with Crippen molar-refractivity contribution in [1.82, 2.24) is 5.43 Å². The summed E-state index contributed by atoms with van der Waals surface area (Å²) in [5, 5.41) is 16.1. The lowest BCUT2D eigenvalue weighted by atomic mass is 10.1. The van der Waals surface area contributed by atoms with Crippen LogP contribution < -0.4 is 10.7 Å². The molecule has 0 spiro atoms. The van der Waals surface area contributed by atoms with Crippen molar-refractivity contribution in [2.24, 2.45) is 5.10 Å². The minimum atomic E-state index is -0.912. The van der Waals surface area contributed by atoms with Crippen molar-refractivity contribution in [2.75, 3.05) is 5.32 Å². The van der Waals surface area contributed by atoms with Gasteiger partial charge in [0.2, 0.25) is 0 Å². The number of amides is 2. The average molecular weight is 469 g/mol. The summed E-state index contributed by atoms with van der Waals surface area (Å²) in [6.45, 7) is 3.78. The topological polar surface area (TPSA) is 90.8 Å². The number of phenolic OH excluding ortho intramolecular Hbond substituents is 1. The number of aromatic hydroxyl groups is 1. The molecule has 0 saturated carbocycles. The summed E-state index contributed by atoms with van der Waals surface area (Å²) in [6, 6.07) is 8.76. The molecule has 0 fully saturated rings. The number of benzene rings is 2. The maximum atomic E-state index is 11.9. The average Bonchev–Trinajstić information content (AvgIpc) is 2.54. The Morgan fingerprint density at radius 2 is 1.84 bits per heavy atom. The van der Waals surface area contributed by atoms with Crippen LogP contribution in [0.1, 0.15) is 16.7 Å². The fraction of sp³-hybridized carbons (Fsp3) is 0.118. The number of halogens is 2. The van der Waals surface area contributed by atoms with E-state index in [2.05, 4.69) is 47.7 Å². The van der Waals surface area contributed by atoms with Crippen molar-refractivity contribution in [3.05, 3.63) is 56.0 Å². The third-order valence-corrected chi connectivity index (χ3v) is 4.33. The molecule has 25 heavy (non-hydrogen) atoms. The van der Waals surface area contributed by atoms with Crippen molar-refractivity contribution >= 4 is 55.6 Å². The van der Waals surface area contributed by atoms with E-state index in [0.29, 0.717) is 15.7 Å². The fourth-order valence-electron chi connectivity index (χ4n) is 2.03. The highest BCUT2D eigenvalue weighted by molar-refractivity contribution is 9.11. The number of anilines is 1. The number of carbonyl (C=O) groups is 2. The molecule has 0 aliphatic carbocycles. The Morgan fingerprint density at radius 3 is 2.52 bits per heavy atom. The summed E-state index contributed by atoms with van der Waals surface area (Å²) in [5.74, 6) is -1.77. The van der Waals surface area contributed by atoms with Crippen molar-refractivity contribution in [1.29, 1.82) is 0 Å². The van der Waals surface area contributed by atoms with Crippen LogP contribution in [0.4, 0.5) is 5.69 Å². The normalized spacial score (nSPS) is 10.7. The first-order valence-corrected chi connectivity index (χ1v) is 8.76. The van der Waals surface area contributed by atoms with Gasteiger partial charge < -0.3 is 10.4 Å². The van der Waals surface area contributed by atoms with Crippen LogP contribution in [-0.2, 0) is 9.59 Å². The van der Waals surface area contributed by atoms with Gasteiger partial charge in [0.1, 0.15) is 5.75 Å². The largest absolute Gasteiger partial charge is 0.506 e. The number of rotatable bonds is 3. The number of hydrogen-bond donors (Lipinski definition) is 3. The molecule has 0 aromatic heterocycles. The molecular formula is C17H15Br2N3O3. The number of hydrazone groups is 1. The van der Waals surface area contributed by atoms with Gasteiger partial charge in [0.15, 0.2) is 0 Å². The van der Waals surface area contributed by atoms with E-state index in [4.69, 9.17) is 0 Å². The monoisotopic (exact) mass is 467 g/mol. The van der Waals surface area contributed by atoms with Crippen molar-refractivity contribution in [3.8, 4) is 5.75 Å². The molecule has 2 aromatic carbocycles. The van der Waals surface area contributed by atoms with E-state index in [9.17, 15) is 14.7 Å². The van der Waals surface area contributed by atoms with Gasteiger partial charge in [-0.1, -0.05) is 33.6 Å². The molecule has 6 nitrogen and oxygen atoms in total. The highest BCUT2D eigenvalue weighted by atomic mass is 79.9. The van der Waals surface area contributed by atoms with E-state index in [1.165, 1.54) is 6.21 Å². The lowest BCUT2D eigenvalue weighted by Crippen LogP contribution is -2.32. The van der Waals surface area contributed by atoms with E-state index >= 15 is 0 Å². The second kappa shape index (κ2) is 8.26. The van der Waals surface area contributed by atoms with Crippen molar-refractivity contribution in [2.45, 2.75) is 13.8 Å². The lowest BCUT2D eigenvalue weighted by Gasteiger charge is -2.08. The first-order valence-electron chi connectivity index (χ1n) is 7.17. The van der Waals surface area contributed by atoms with Crippen molar-refractivity contribution < 1.29 is 14.7 Å². The van der Waals surface area contributed by atoms with Gasteiger partial charge in [-0.25, -0.2) is 5.43 Å². The molecule has 2 rings (SSSR count). The summed E-state index contributed by atoms with van der Waals surface area (Å²) in [6.07, 6.45) is 1.24. The molecule has 0 heterocycles. The van der Waals surface area contributed by atoms with Crippen LogP contribution in [0.2, 0.25) is 0 Å². The van der Waals surface area contributed by atoms with Gasteiger partial charge in [-0.15, -0.1) is 0 Å². The Morgan fingerprint density at radius 1 is 1.12 bits per heavy atom. The number of hydrogen-bond acceptors (Lipinski definition) is 4. The standard InChI is InChI=1S/C17H15Br2N3O3/c1-9-3-4-14(10(2)5-9)21-16(24)17(25)22-20-8-11-6-12(18)7-13(19)15(11)23/h3-8,23H,1-2H3,(H,21,24)(H,22,25). The predicted octanol–water partition coefficient (Wildman–Crippen LogP) is 3.62. The molecule has 0 unspecified atom stereocenters. The van der Waals surface area contributed by atoms with Gasteiger partial charge >= 0.3 is 11.8 Å². The number of nitrogens with one attached hydrogen (secondary N) is 2. The van der Waals surface area contributed by atoms with E-state index in [1.54, 1.807) is 18.2 Å². The Balaban J connectivity index is 2.01. The summed E-state index contributed by atoms with van der Waals surface area (Å²) in [7, 11) is 0. The fourth-order valence-corrected chi connectivity index (χ4v) is 3.29. The number of carbonyl (C=O) groups excluding carboxylic acids is 2. The van der Waals surface area contributed by atoms with Gasteiger partial charge in [0, 0.05) is 15.7 Å². The smallest absolute Gasteiger partial charge is 0.329 e. The zero-order valence-corrected chi connectivity index (χ0v) is 16.6. The van der Waals surface area contributed by atoms with Crippen molar-refractivity contribution in [3.63, 3.8) is 0 Å². The lowest BCUT2D eigenvalue weighted by molar-refractivity contribution is -0.136. The zero-order chi connectivity index (χ0) is 18.6. The van der Waals surface area contributed by atoms with Gasteiger partial charge in [-0.05, 0) is 53.5 Å². The maximum Gasteiger partial charge on any atom is 0.329 e. The molecule has 130 valence electrons. The number of aryl methyl sites for hydroxylation is 2. The quantitative estimate of drug-likeness (QED) is 0.365. The van der Waals surface area contributed by atoms with Crippen LogP contribution in [0.25, 0.3) is 0 Å². The van der Waals surface area contributed by atoms with E-state index in [-0.39, 0.29) is 5.75 Å². The SMILES string of the molecule is Cc1ccc(NC(=O)C(=O)NN=Cc2cc(Br)cc(Br)c2O)c(C)c1. The molecule has 0 radical (unpaired) electrons. The van der Waals surface area contributed by atoms with Gasteiger partial charge in [0.25, 0.3) is 0 Å². The first kappa shape index (κ1) is 19.1. The van der Waals surface area contributed by atoms with E-state index in [0.717, 1.165) is 15.6 Å². The number of phenols is 1. The Hall–Kier alpha value is -2.19. The molecule has 3 N–H and O–H groups in total. The minimum absolute atomic E-state index is 0.0269. The Bertz CT molecular complexity index is 866. The minimum Gasteiger partial charge on any atom is -0.506 e. The Labute approximate surface area is 161 Å². The highest BCUT2D eigenvalue weighted by Crippen LogP contribution is 2.30. The van der Waals surface area contributed by atoms with Gasteiger partial charge in [-0.2, -0.15) is 5.10 Å². The molecule has 2 aromatic rings. The summed E-state index contributed by atoms with van der Waals surface area (Å²) >= 11 is 6.48. The molecule has 8 heteroatoms. The van der Waals surface area contributed by atoms with Gasteiger partial charge in [-0.3, -0.25) is 9.59 Å². The van der Waals surface area contributed by atoms with Crippen LogP contribution in [-0.4, -0.2) is 23.1 Å². The van der Waals surface area contributed by atoms with Crippen LogP contribution in [0, 0.1) is 13.8 Å². The summed E-state index contributed by atoms with van der Waals surface area (Å²) in [4.78, 5) is 23.7. The van der Waals surface area contributed by atoms with Crippen LogP contribution in [0.15, 0.2) is 44.4 Å². The second-order valence-electron chi connectivity index (χ2n) is 5.30. The maximum absolute atomic E-state index is 11.9. The molecule has 2 amide bonds. The molecular weight excluding hydrogens is 454 g/mol. The highest BCUT2D eigenvalue weighted by Gasteiger charge is 2.14. The van der Waals surface area contributed by atoms with Crippen LogP contribution in [0.3, 0.4) is 0 Å². The summed E-state index contributed by atoms with van der Waals surface area (Å²) < 4.78 is 1.19. The first-order chi connectivity index (χ1) is 11.8. The third kappa shape index (κ3) is 5.14. The summed E-state index contributed by atoms with van der Waals surface area (Å²) in [5.41, 5.74) is 4.97. The molecule has 0 bridgehead atoms. The third-order valence-electron chi connectivity index (χ3n) is 3.26. The van der Waals surface area contributed by atoms with Crippen LogP contribution >= 0.6 is 31.9 Å². The predicted molar refractivity (Wildman–Crippen MR) is 104 cm³/mol.